The van der Waals surface area contributed by atoms with E-state index in [4.69, 9.17) is 0 Å². The maximum atomic E-state index is 4.52. The fourth-order valence-corrected chi connectivity index (χ4v) is 8.54. The Morgan fingerprint density at radius 3 is 2.50 bits per heavy atom. The van der Waals surface area contributed by atoms with Crippen molar-refractivity contribution in [3.63, 3.8) is 0 Å². The van der Waals surface area contributed by atoms with Gasteiger partial charge in [-0.2, -0.15) is 0 Å². The van der Waals surface area contributed by atoms with Gasteiger partial charge in [-0.1, -0.05) is 0 Å². The zero-order chi connectivity index (χ0) is 5.82. The minimum absolute atomic E-state index is 1.23. The molecule has 8 heavy (non-hydrogen) atoms. The zero-order valence-corrected chi connectivity index (χ0v) is 8.92. The number of rotatable bonds is 1. The summed E-state index contributed by atoms with van der Waals surface area (Å²) in [6.07, 6.45) is 2.83. The van der Waals surface area contributed by atoms with Crippen LogP contribution in [0.15, 0.2) is 2.94 Å². The van der Waals surface area contributed by atoms with Gasteiger partial charge in [-0.15, -0.1) is 0 Å². The van der Waals surface area contributed by atoms with Gasteiger partial charge in [0.15, 0.2) is 0 Å². The second kappa shape index (κ2) is 3.66. The minimum atomic E-state index is -1.23. The second-order valence-corrected chi connectivity index (χ2v) is 10.2. The Morgan fingerprint density at radius 1 is 1.38 bits per heavy atom. The van der Waals surface area contributed by atoms with Crippen molar-refractivity contribution < 1.29 is 0 Å². The van der Waals surface area contributed by atoms with Crippen LogP contribution in [0.4, 0.5) is 0 Å². The first-order chi connectivity index (χ1) is 3.93. The summed E-state index contributed by atoms with van der Waals surface area (Å²) in [5.74, 6) is 0. The van der Waals surface area contributed by atoms with Gasteiger partial charge < -0.3 is 0 Å². The molecule has 0 aromatic heterocycles. The van der Waals surface area contributed by atoms with Gasteiger partial charge in [0.2, 0.25) is 0 Å². The first-order valence-electron chi connectivity index (χ1n) is 2.76. The van der Waals surface area contributed by atoms with Crippen LogP contribution in [0.25, 0.3) is 0 Å². The Balaban J connectivity index is 2.35. The number of thiocarbonyl (C=S) groups is 1. The Morgan fingerprint density at radius 2 is 2.00 bits per heavy atom. The number of hydrogen-bond donors (Lipinski definition) is 0. The SMILES string of the molecule is S=C=[N][Bi]1[CH2]CC[CH2]1. The molecule has 0 saturated carbocycles. The van der Waals surface area contributed by atoms with Gasteiger partial charge in [0, 0.05) is 0 Å². The van der Waals surface area contributed by atoms with Crippen molar-refractivity contribution >= 4 is 39.4 Å². The summed E-state index contributed by atoms with van der Waals surface area (Å²) < 4.78 is 7.05. The molecule has 0 radical (unpaired) electrons. The molecule has 0 amide bonds. The fourth-order valence-electron chi connectivity index (χ4n) is 0.858. The monoisotopic (exact) mass is 323 g/mol. The molecule has 3 heteroatoms. The van der Waals surface area contributed by atoms with Crippen LogP contribution in [-0.4, -0.2) is 27.2 Å². The Labute approximate surface area is 63.3 Å². The summed E-state index contributed by atoms with van der Waals surface area (Å²) in [6, 6.07) is 0. The number of isothiocyanates is 1. The van der Waals surface area contributed by atoms with Crippen molar-refractivity contribution in [3.8, 4) is 0 Å². The first kappa shape index (κ1) is 6.80. The predicted molar refractivity (Wildman–Crippen MR) is 39.6 cm³/mol. The van der Waals surface area contributed by atoms with E-state index in [1.54, 1.807) is 0 Å². The van der Waals surface area contributed by atoms with Crippen molar-refractivity contribution in [1.29, 1.82) is 0 Å². The van der Waals surface area contributed by atoms with Crippen LogP contribution in [0.3, 0.4) is 0 Å². The third kappa shape index (κ3) is 1.89. The van der Waals surface area contributed by atoms with Crippen LogP contribution in [0, 0.1) is 0 Å². The third-order valence-corrected chi connectivity index (χ3v) is 9.87. The average molecular weight is 323 g/mol. The maximum absolute atomic E-state index is 4.52. The molecule has 1 aliphatic heterocycles. The van der Waals surface area contributed by atoms with Crippen LogP contribution >= 0.6 is 12.2 Å². The Hall–Kier alpha value is 0.683. The van der Waals surface area contributed by atoms with E-state index in [-0.39, 0.29) is 0 Å². The summed E-state index contributed by atoms with van der Waals surface area (Å²) in [6.45, 7) is 0. The van der Waals surface area contributed by atoms with Crippen molar-refractivity contribution in [2.45, 2.75) is 21.1 Å². The first-order valence-corrected chi connectivity index (χ1v) is 9.64. The molecule has 0 spiro atoms. The van der Waals surface area contributed by atoms with Crippen molar-refractivity contribution in [1.82, 2.24) is 0 Å². The second-order valence-electron chi connectivity index (χ2n) is 1.85. The van der Waals surface area contributed by atoms with Crippen LogP contribution in [0.2, 0.25) is 8.26 Å². The van der Waals surface area contributed by atoms with E-state index in [1.807, 2.05) is 0 Å². The van der Waals surface area contributed by atoms with Crippen molar-refractivity contribution in [2.24, 2.45) is 2.94 Å². The van der Waals surface area contributed by atoms with Crippen LogP contribution in [-0.2, 0) is 0 Å². The van der Waals surface area contributed by atoms with E-state index in [2.05, 4.69) is 20.3 Å². The summed E-state index contributed by atoms with van der Waals surface area (Å²) in [4.78, 5) is 0. The van der Waals surface area contributed by atoms with Crippen LogP contribution < -0.4 is 0 Å². The Bertz CT molecular complexity index is 114. The molecule has 1 nitrogen and oxygen atoms in total. The molecule has 0 bridgehead atoms. The van der Waals surface area contributed by atoms with Crippen molar-refractivity contribution in [3.05, 3.63) is 0 Å². The van der Waals surface area contributed by atoms with E-state index in [0.29, 0.717) is 0 Å². The molecule has 1 heterocycles. The molecule has 0 aromatic carbocycles. The van der Waals surface area contributed by atoms with E-state index in [0.717, 1.165) is 0 Å². The number of hydrogen-bond acceptors (Lipinski definition) is 2. The average Bonchev–Trinajstić information content (AvgIpc) is 2.19. The summed E-state index contributed by atoms with van der Waals surface area (Å²) in [7, 11) is 0. The molecule has 0 atom stereocenters. The zero-order valence-electron chi connectivity index (χ0n) is 4.63. The number of nitrogens with zero attached hydrogens (tertiary/aromatic N) is 1. The van der Waals surface area contributed by atoms with E-state index < -0.39 is 22.0 Å². The fraction of sp³-hybridized carbons (Fsp3) is 0.800. The molecule has 0 aromatic rings. The van der Waals surface area contributed by atoms with Gasteiger partial charge in [-0.3, -0.25) is 0 Å². The Kier molecular flexibility index (Phi) is 3.11. The van der Waals surface area contributed by atoms with Gasteiger partial charge in [0.05, 0.1) is 0 Å². The van der Waals surface area contributed by atoms with Crippen molar-refractivity contribution in [2.75, 3.05) is 0 Å². The van der Waals surface area contributed by atoms with Crippen LogP contribution in [0.1, 0.15) is 12.8 Å². The third-order valence-electron chi connectivity index (χ3n) is 1.26. The molecular formula is C5H8BiNS. The van der Waals surface area contributed by atoms with Gasteiger partial charge in [0.25, 0.3) is 0 Å². The normalized spacial score (nSPS) is 20.5. The molecular weight excluding hydrogens is 315 g/mol. The molecule has 0 N–H and O–H groups in total. The van der Waals surface area contributed by atoms with E-state index >= 15 is 0 Å². The van der Waals surface area contributed by atoms with Gasteiger partial charge in [-0.25, -0.2) is 0 Å². The molecule has 1 fully saturated rings. The van der Waals surface area contributed by atoms with Gasteiger partial charge >= 0.3 is 63.5 Å². The predicted octanol–water partition coefficient (Wildman–Crippen LogP) is 1.87. The molecule has 0 unspecified atom stereocenters. The summed E-state index contributed by atoms with van der Waals surface area (Å²) in [5.41, 5.74) is 0. The molecule has 44 valence electrons. The topological polar surface area (TPSA) is 12.4 Å². The summed E-state index contributed by atoms with van der Waals surface area (Å²) >= 11 is 3.30. The molecule has 1 saturated heterocycles. The van der Waals surface area contributed by atoms with Gasteiger partial charge in [0.1, 0.15) is 0 Å². The van der Waals surface area contributed by atoms with Gasteiger partial charge in [-0.05, 0) is 0 Å². The molecule has 1 rings (SSSR count). The van der Waals surface area contributed by atoms with E-state index in [1.165, 1.54) is 21.1 Å². The van der Waals surface area contributed by atoms with E-state index in [9.17, 15) is 0 Å². The quantitative estimate of drug-likeness (QED) is 0.408. The molecule has 0 aliphatic carbocycles. The standard InChI is InChI=1S/C4H8.CNS.Bi/c1-3-4-2;2-1-3;/h1-4H2;;/q;-1;+1. The molecule has 1 aliphatic rings. The summed E-state index contributed by atoms with van der Waals surface area (Å²) in [5, 5.41) is 2.51. The van der Waals surface area contributed by atoms with Crippen LogP contribution in [0.5, 0.6) is 0 Å².